The number of nitrogens with one attached hydrogen (secondary N) is 1. The number of likely N-dealkylation sites (N-methyl/N-ethyl adjacent to an activating group) is 1. The third-order valence-corrected chi connectivity index (χ3v) is 3.22. The van der Waals surface area contributed by atoms with Crippen molar-refractivity contribution in [3.8, 4) is 0 Å². The van der Waals surface area contributed by atoms with Crippen molar-refractivity contribution in [3.63, 3.8) is 0 Å². The molecule has 2 aromatic carbocycles. The Kier molecular flexibility index (Phi) is 4.57. The summed E-state index contributed by atoms with van der Waals surface area (Å²) in [6.45, 7) is 0. The van der Waals surface area contributed by atoms with Crippen molar-refractivity contribution in [2.75, 3.05) is 7.05 Å². The van der Waals surface area contributed by atoms with E-state index in [-0.39, 0.29) is 6.42 Å². The summed E-state index contributed by atoms with van der Waals surface area (Å²) in [5.74, 6) is -9.62. The molecule has 0 aliphatic rings. The Labute approximate surface area is 118 Å². The van der Waals surface area contributed by atoms with Gasteiger partial charge in [0, 0.05) is 11.6 Å². The Hall–Kier alpha value is -1.95. The SMILES string of the molecule is CNC(Cc1ccccc1)c1c(F)c(F)c(F)c(F)c1F. The average Bonchev–Trinajstić information content (AvgIpc) is 2.51. The average molecular weight is 301 g/mol. The normalized spacial score (nSPS) is 12.5. The lowest BCUT2D eigenvalue weighted by Gasteiger charge is -2.19. The molecule has 0 spiro atoms. The molecule has 0 amide bonds. The molecule has 0 bridgehead atoms. The Balaban J connectivity index is 2.48. The number of hydrogen-bond donors (Lipinski definition) is 1. The van der Waals surface area contributed by atoms with Crippen LogP contribution in [0, 0.1) is 29.1 Å². The molecule has 0 fully saturated rings. The molecule has 112 valence electrons. The third-order valence-electron chi connectivity index (χ3n) is 3.22. The lowest BCUT2D eigenvalue weighted by Crippen LogP contribution is -2.23. The lowest BCUT2D eigenvalue weighted by atomic mass is 9.97. The summed E-state index contributed by atoms with van der Waals surface area (Å²) < 4.78 is 67.1. The molecule has 6 heteroatoms. The van der Waals surface area contributed by atoms with Crippen LogP contribution in [0.1, 0.15) is 17.2 Å². The maximum Gasteiger partial charge on any atom is 0.200 e. The Morgan fingerprint density at radius 1 is 0.810 bits per heavy atom. The van der Waals surface area contributed by atoms with Gasteiger partial charge in [0.25, 0.3) is 0 Å². The molecule has 0 heterocycles. The van der Waals surface area contributed by atoms with Crippen LogP contribution >= 0.6 is 0 Å². The van der Waals surface area contributed by atoms with Gasteiger partial charge < -0.3 is 5.32 Å². The number of hydrogen-bond acceptors (Lipinski definition) is 1. The van der Waals surface area contributed by atoms with Gasteiger partial charge in [-0.3, -0.25) is 0 Å². The van der Waals surface area contributed by atoms with Crippen LogP contribution in [0.3, 0.4) is 0 Å². The van der Waals surface area contributed by atoms with E-state index in [2.05, 4.69) is 5.32 Å². The Bertz CT molecular complexity index is 613. The molecule has 0 radical (unpaired) electrons. The molecule has 1 nitrogen and oxygen atoms in total. The van der Waals surface area contributed by atoms with E-state index >= 15 is 0 Å². The molecule has 1 atom stereocenters. The van der Waals surface area contributed by atoms with Gasteiger partial charge in [0.1, 0.15) is 0 Å². The van der Waals surface area contributed by atoms with Crippen molar-refractivity contribution in [2.24, 2.45) is 0 Å². The number of halogens is 5. The van der Waals surface area contributed by atoms with Gasteiger partial charge in [0.05, 0.1) is 0 Å². The van der Waals surface area contributed by atoms with Gasteiger partial charge in [-0.25, -0.2) is 22.0 Å². The quantitative estimate of drug-likeness (QED) is 0.513. The monoisotopic (exact) mass is 301 g/mol. The second-order valence-electron chi connectivity index (χ2n) is 4.51. The van der Waals surface area contributed by atoms with E-state index in [0.717, 1.165) is 0 Å². The fraction of sp³-hybridized carbons (Fsp3) is 0.200. The highest BCUT2D eigenvalue weighted by Crippen LogP contribution is 2.29. The predicted molar refractivity (Wildman–Crippen MR) is 68.2 cm³/mol. The summed E-state index contributed by atoms with van der Waals surface area (Å²) in [5, 5.41) is 2.59. The summed E-state index contributed by atoms with van der Waals surface area (Å²) in [4.78, 5) is 0. The van der Waals surface area contributed by atoms with E-state index in [1.807, 2.05) is 0 Å². The van der Waals surface area contributed by atoms with E-state index in [9.17, 15) is 22.0 Å². The van der Waals surface area contributed by atoms with Crippen LogP contribution in [-0.2, 0) is 6.42 Å². The predicted octanol–water partition coefficient (Wildman–Crippen LogP) is 3.89. The molecule has 21 heavy (non-hydrogen) atoms. The lowest BCUT2D eigenvalue weighted by molar-refractivity contribution is 0.358. The zero-order valence-electron chi connectivity index (χ0n) is 11.1. The van der Waals surface area contributed by atoms with E-state index in [0.29, 0.717) is 5.56 Å². The summed E-state index contributed by atoms with van der Waals surface area (Å²) in [6.07, 6.45) is 0.0929. The first-order valence-corrected chi connectivity index (χ1v) is 6.19. The molecular weight excluding hydrogens is 289 g/mol. The first kappa shape index (κ1) is 15.4. The van der Waals surface area contributed by atoms with Crippen molar-refractivity contribution < 1.29 is 22.0 Å². The zero-order valence-corrected chi connectivity index (χ0v) is 11.1. The molecule has 0 aromatic heterocycles. The molecule has 0 aliphatic heterocycles. The van der Waals surface area contributed by atoms with Crippen LogP contribution in [0.5, 0.6) is 0 Å². The molecule has 1 N–H and O–H groups in total. The van der Waals surface area contributed by atoms with E-state index in [4.69, 9.17) is 0 Å². The molecule has 2 aromatic rings. The van der Waals surface area contributed by atoms with Crippen LogP contribution in [0.2, 0.25) is 0 Å². The van der Waals surface area contributed by atoms with Gasteiger partial charge in [-0.05, 0) is 19.0 Å². The van der Waals surface area contributed by atoms with E-state index in [1.54, 1.807) is 30.3 Å². The molecule has 0 saturated heterocycles. The minimum absolute atomic E-state index is 0.0929. The fourth-order valence-electron chi connectivity index (χ4n) is 2.13. The number of rotatable bonds is 4. The standard InChI is InChI=1S/C15H12F5N/c1-21-9(7-8-5-3-2-4-6-8)10-11(16)13(18)15(20)14(19)12(10)17/h2-6,9,21H,7H2,1H3. The van der Waals surface area contributed by atoms with Crippen LogP contribution < -0.4 is 5.32 Å². The first-order valence-electron chi connectivity index (χ1n) is 6.19. The summed E-state index contributed by atoms with van der Waals surface area (Å²) in [7, 11) is 1.39. The smallest absolute Gasteiger partial charge is 0.200 e. The highest BCUT2D eigenvalue weighted by molar-refractivity contribution is 5.29. The summed E-state index contributed by atoms with van der Waals surface area (Å²) >= 11 is 0. The zero-order chi connectivity index (χ0) is 15.6. The van der Waals surface area contributed by atoms with Crippen LogP contribution in [0.15, 0.2) is 30.3 Å². The highest BCUT2D eigenvalue weighted by Gasteiger charge is 2.29. The first-order chi connectivity index (χ1) is 9.97. The van der Waals surface area contributed by atoms with Crippen molar-refractivity contribution >= 4 is 0 Å². The number of benzene rings is 2. The van der Waals surface area contributed by atoms with Crippen LogP contribution in [0.4, 0.5) is 22.0 Å². The second-order valence-corrected chi connectivity index (χ2v) is 4.51. The van der Waals surface area contributed by atoms with Crippen LogP contribution in [0.25, 0.3) is 0 Å². The third kappa shape index (κ3) is 2.90. The van der Waals surface area contributed by atoms with Gasteiger partial charge in [-0.15, -0.1) is 0 Å². The summed E-state index contributed by atoms with van der Waals surface area (Å²) in [6, 6.07) is 7.58. The maximum absolute atomic E-state index is 13.8. The van der Waals surface area contributed by atoms with Crippen molar-refractivity contribution in [2.45, 2.75) is 12.5 Å². The Morgan fingerprint density at radius 2 is 1.29 bits per heavy atom. The van der Waals surface area contributed by atoms with E-state index in [1.165, 1.54) is 7.05 Å². The molecule has 0 aliphatic carbocycles. The van der Waals surface area contributed by atoms with Crippen molar-refractivity contribution in [3.05, 3.63) is 70.5 Å². The molecule has 2 rings (SSSR count). The van der Waals surface area contributed by atoms with E-state index < -0.39 is 40.7 Å². The van der Waals surface area contributed by atoms with Gasteiger partial charge in [0.2, 0.25) is 5.82 Å². The van der Waals surface area contributed by atoms with Gasteiger partial charge >= 0.3 is 0 Å². The van der Waals surface area contributed by atoms with Gasteiger partial charge in [-0.1, -0.05) is 30.3 Å². The molecule has 0 saturated carbocycles. The minimum atomic E-state index is -2.15. The Morgan fingerprint density at radius 3 is 1.76 bits per heavy atom. The fourth-order valence-corrected chi connectivity index (χ4v) is 2.13. The minimum Gasteiger partial charge on any atom is -0.313 e. The van der Waals surface area contributed by atoms with Crippen molar-refractivity contribution in [1.82, 2.24) is 5.32 Å². The van der Waals surface area contributed by atoms with Gasteiger partial charge in [0.15, 0.2) is 23.3 Å². The molecular formula is C15H12F5N. The van der Waals surface area contributed by atoms with Crippen LogP contribution in [-0.4, -0.2) is 7.05 Å². The van der Waals surface area contributed by atoms with Gasteiger partial charge in [-0.2, -0.15) is 0 Å². The molecule has 1 unspecified atom stereocenters. The largest absolute Gasteiger partial charge is 0.313 e. The second kappa shape index (κ2) is 6.22. The highest BCUT2D eigenvalue weighted by atomic mass is 19.2. The van der Waals surface area contributed by atoms with Crippen molar-refractivity contribution in [1.29, 1.82) is 0 Å². The topological polar surface area (TPSA) is 12.0 Å². The summed E-state index contributed by atoms with van der Waals surface area (Å²) in [5.41, 5.74) is -0.140. The maximum atomic E-state index is 13.8.